The Kier molecular flexibility index (Phi) is 4.35. The van der Waals surface area contributed by atoms with Gasteiger partial charge in [-0.1, -0.05) is 23.1 Å². The molecule has 0 unspecified atom stereocenters. The highest BCUT2D eigenvalue weighted by Gasteiger charge is 2.14. The zero-order valence-corrected chi connectivity index (χ0v) is 12.4. The van der Waals surface area contributed by atoms with Gasteiger partial charge in [0.25, 0.3) is 0 Å². The summed E-state index contributed by atoms with van der Waals surface area (Å²) in [5.41, 5.74) is 0.618. The molecule has 0 spiro atoms. The zero-order chi connectivity index (χ0) is 14.7. The number of thiazole rings is 1. The molecule has 2 rings (SSSR count). The van der Waals surface area contributed by atoms with Crippen molar-refractivity contribution < 1.29 is 9.59 Å². The summed E-state index contributed by atoms with van der Waals surface area (Å²) in [6.07, 6.45) is 1.35. The van der Waals surface area contributed by atoms with Crippen molar-refractivity contribution in [2.75, 3.05) is 16.9 Å². The van der Waals surface area contributed by atoms with Crippen LogP contribution in [0.3, 0.4) is 0 Å². The van der Waals surface area contributed by atoms with E-state index >= 15 is 0 Å². The summed E-state index contributed by atoms with van der Waals surface area (Å²) in [6, 6.07) is 0. The van der Waals surface area contributed by atoms with E-state index in [1.807, 2.05) is 0 Å². The van der Waals surface area contributed by atoms with Gasteiger partial charge in [0.15, 0.2) is 10.9 Å². The Morgan fingerprint density at radius 2 is 2.30 bits per heavy atom. The number of carbonyl (C=O) groups is 2. The summed E-state index contributed by atoms with van der Waals surface area (Å²) in [6.45, 7) is 3.20. The predicted molar refractivity (Wildman–Crippen MR) is 76.4 cm³/mol. The molecular weight excluding hydrogens is 300 g/mol. The molecule has 0 aliphatic rings. The van der Waals surface area contributed by atoms with Crippen molar-refractivity contribution in [3.63, 3.8) is 0 Å². The van der Waals surface area contributed by atoms with Gasteiger partial charge in [-0.15, -0.1) is 10.2 Å². The quantitative estimate of drug-likeness (QED) is 0.474. The third kappa shape index (κ3) is 3.33. The zero-order valence-electron chi connectivity index (χ0n) is 10.8. The first-order valence-electron chi connectivity index (χ1n) is 5.53. The van der Waals surface area contributed by atoms with Gasteiger partial charge in [0.2, 0.25) is 11.1 Å². The highest BCUT2D eigenvalue weighted by atomic mass is 32.2. The minimum absolute atomic E-state index is 0.0638. The van der Waals surface area contributed by atoms with Crippen molar-refractivity contribution >= 4 is 39.9 Å². The number of thioether (sulfide) groups is 1. The summed E-state index contributed by atoms with van der Waals surface area (Å²) in [7, 11) is 0. The van der Waals surface area contributed by atoms with Crippen LogP contribution >= 0.6 is 23.1 Å². The molecular formula is C10H12N6O2S2. The first-order chi connectivity index (χ1) is 9.47. The number of ketones is 1. The summed E-state index contributed by atoms with van der Waals surface area (Å²) < 4.78 is 1.24. The van der Waals surface area contributed by atoms with Crippen LogP contribution in [-0.4, -0.2) is 37.3 Å². The number of hydrogen-bond acceptors (Lipinski definition) is 8. The molecule has 3 N–H and O–H groups in total. The van der Waals surface area contributed by atoms with Crippen LogP contribution in [0, 0.1) is 6.92 Å². The second-order valence-corrected chi connectivity index (χ2v) is 5.79. The third-order valence-corrected chi connectivity index (χ3v) is 4.37. The molecule has 8 nitrogen and oxygen atoms in total. The van der Waals surface area contributed by atoms with Gasteiger partial charge < -0.3 is 11.2 Å². The Morgan fingerprint density at radius 3 is 2.85 bits per heavy atom. The van der Waals surface area contributed by atoms with Crippen LogP contribution in [0.25, 0.3) is 0 Å². The van der Waals surface area contributed by atoms with E-state index in [1.54, 1.807) is 6.92 Å². The van der Waals surface area contributed by atoms with Crippen molar-refractivity contribution in [3.05, 3.63) is 16.9 Å². The van der Waals surface area contributed by atoms with Crippen LogP contribution in [0.1, 0.15) is 22.3 Å². The molecule has 0 aliphatic heterocycles. The summed E-state index contributed by atoms with van der Waals surface area (Å²) in [5.74, 6) is 5.34. The van der Waals surface area contributed by atoms with Gasteiger partial charge in [0, 0.05) is 6.92 Å². The number of carbonyl (C=O) groups excluding carboxylic acids is 2. The monoisotopic (exact) mass is 312 g/mol. The summed E-state index contributed by atoms with van der Waals surface area (Å²) in [4.78, 5) is 27.8. The molecule has 106 valence electrons. The van der Waals surface area contributed by atoms with Gasteiger partial charge >= 0.3 is 0 Å². The molecule has 20 heavy (non-hydrogen) atoms. The van der Waals surface area contributed by atoms with E-state index < -0.39 is 0 Å². The SMILES string of the molecule is CC(=O)c1sc(NC(=O)CSc2nncn2N)nc1C. The molecule has 0 aromatic carbocycles. The lowest BCUT2D eigenvalue weighted by atomic mass is 10.3. The lowest BCUT2D eigenvalue weighted by molar-refractivity contribution is -0.113. The Labute approximate surface area is 122 Å². The minimum atomic E-state index is -0.248. The van der Waals surface area contributed by atoms with Crippen LogP contribution < -0.4 is 11.2 Å². The third-order valence-electron chi connectivity index (χ3n) is 2.24. The van der Waals surface area contributed by atoms with Crippen LogP contribution in [0.5, 0.6) is 0 Å². The van der Waals surface area contributed by atoms with Crippen molar-refractivity contribution in [1.82, 2.24) is 19.9 Å². The molecule has 2 aromatic heterocycles. The number of anilines is 1. The van der Waals surface area contributed by atoms with E-state index in [1.165, 1.54) is 17.9 Å². The standard InChI is InChI=1S/C10H12N6O2S2/c1-5-8(6(2)17)20-9(13-5)14-7(18)3-19-10-15-12-4-16(10)11/h4H,3,11H2,1-2H3,(H,13,14,18). The lowest BCUT2D eigenvalue weighted by Crippen LogP contribution is -2.15. The topological polar surface area (TPSA) is 116 Å². The largest absolute Gasteiger partial charge is 0.336 e. The van der Waals surface area contributed by atoms with Crippen LogP contribution in [0.15, 0.2) is 11.5 Å². The van der Waals surface area contributed by atoms with Gasteiger partial charge in [0.1, 0.15) is 6.33 Å². The number of aromatic nitrogens is 4. The van der Waals surface area contributed by atoms with E-state index in [9.17, 15) is 9.59 Å². The Bertz CT molecular complexity index is 650. The first kappa shape index (κ1) is 14.5. The molecule has 0 saturated carbocycles. The van der Waals surface area contributed by atoms with E-state index in [4.69, 9.17) is 5.84 Å². The van der Waals surface area contributed by atoms with E-state index in [0.717, 1.165) is 23.1 Å². The fourth-order valence-corrected chi connectivity index (χ4v) is 2.91. The van der Waals surface area contributed by atoms with E-state index in [-0.39, 0.29) is 17.4 Å². The minimum Gasteiger partial charge on any atom is -0.336 e. The first-order valence-corrected chi connectivity index (χ1v) is 7.33. The maximum atomic E-state index is 11.8. The number of nitrogens with two attached hydrogens (primary N) is 1. The molecule has 0 bridgehead atoms. The molecule has 0 atom stereocenters. The predicted octanol–water partition coefficient (Wildman–Crippen LogP) is 0.690. The molecule has 1 amide bonds. The van der Waals surface area contributed by atoms with Crippen LogP contribution in [0.2, 0.25) is 0 Å². The van der Waals surface area contributed by atoms with Crippen molar-refractivity contribution in [3.8, 4) is 0 Å². The van der Waals surface area contributed by atoms with Crippen LogP contribution in [-0.2, 0) is 4.79 Å². The second-order valence-electron chi connectivity index (χ2n) is 3.85. The number of rotatable bonds is 5. The number of Topliss-reactive ketones (excluding diaryl/α,β-unsaturated/α-hetero) is 1. The fraction of sp³-hybridized carbons (Fsp3) is 0.300. The molecule has 2 aromatic rings. The number of amides is 1. The highest BCUT2D eigenvalue weighted by molar-refractivity contribution is 7.99. The van der Waals surface area contributed by atoms with Gasteiger partial charge in [-0.05, 0) is 6.92 Å². The molecule has 0 fully saturated rings. The Morgan fingerprint density at radius 1 is 1.55 bits per heavy atom. The molecule has 0 radical (unpaired) electrons. The van der Waals surface area contributed by atoms with Gasteiger partial charge in [0.05, 0.1) is 16.3 Å². The van der Waals surface area contributed by atoms with Crippen molar-refractivity contribution in [1.29, 1.82) is 0 Å². The van der Waals surface area contributed by atoms with Crippen molar-refractivity contribution in [2.24, 2.45) is 0 Å². The second kappa shape index (κ2) is 6.01. The average molecular weight is 312 g/mol. The molecule has 0 saturated heterocycles. The molecule has 10 heteroatoms. The summed E-state index contributed by atoms with van der Waals surface area (Å²) >= 11 is 2.32. The van der Waals surface area contributed by atoms with Crippen LogP contribution in [0.4, 0.5) is 5.13 Å². The maximum absolute atomic E-state index is 11.8. The lowest BCUT2D eigenvalue weighted by Gasteiger charge is -2.00. The number of nitrogens with one attached hydrogen (secondary N) is 1. The van der Waals surface area contributed by atoms with Gasteiger partial charge in [-0.2, -0.15) is 0 Å². The Balaban J connectivity index is 1.93. The number of hydrogen-bond donors (Lipinski definition) is 2. The normalized spacial score (nSPS) is 10.5. The Hall–Kier alpha value is -1.94. The summed E-state index contributed by atoms with van der Waals surface area (Å²) in [5, 5.41) is 10.8. The number of nitrogen functional groups attached to an aromatic ring is 1. The fourth-order valence-electron chi connectivity index (χ4n) is 1.40. The van der Waals surface area contributed by atoms with E-state index in [0.29, 0.717) is 20.9 Å². The number of nitrogens with zero attached hydrogens (tertiary/aromatic N) is 4. The maximum Gasteiger partial charge on any atom is 0.236 e. The van der Waals surface area contributed by atoms with Gasteiger partial charge in [-0.25, -0.2) is 9.66 Å². The smallest absolute Gasteiger partial charge is 0.236 e. The van der Waals surface area contributed by atoms with Crippen molar-refractivity contribution in [2.45, 2.75) is 19.0 Å². The molecule has 0 aliphatic carbocycles. The number of aryl methyl sites for hydroxylation is 1. The molecule has 2 heterocycles. The van der Waals surface area contributed by atoms with Gasteiger partial charge in [-0.3, -0.25) is 9.59 Å². The average Bonchev–Trinajstić information content (AvgIpc) is 2.93. The van der Waals surface area contributed by atoms with E-state index in [2.05, 4.69) is 20.5 Å². The highest BCUT2D eigenvalue weighted by Crippen LogP contribution is 2.23.